The quantitative estimate of drug-likeness (QED) is 0.592. The molecule has 2 rings (SSSR count). The molecule has 2 aromatic rings. The van der Waals surface area contributed by atoms with E-state index in [0.29, 0.717) is 6.54 Å². The number of aliphatic imine (C=N–C) groups is 1. The molecule has 0 saturated carbocycles. The Balaban J connectivity index is 1.81. The van der Waals surface area contributed by atoms with Crippen LogP contribution in [0.3, 0.4) is 0 Å². The lowest BCUT2D eigenvalue weighted by molar-refractivity contribution is 0.714. The Kier molecular flexibility index (Phi) is 6.60. The molecule has 0 aliphatic carbocycles. The van der Waals surface area contributed by atoms with E-state index in [0.717, 1.165) is 31.4 Å². The lowest BCUT2D eigenvalue weighted by atomic mass is 10.2. The van der Waals surface area contributed by atoms with E-state index < -0.39 is 0 Å². The SMILES string of the molecule is CCN(CCNC(=NC)NCc1nncn1C)c1cccc(C)c1. The third-order valence-electron chi connectivity index (χ3n) is 3.87. The summed E-state index contributed by atoms with van der Waals surface area (Å²) in [5, 5.41) is 14.5. The zero-order valence-corrected chi connectivity index (χ0v) is 15.0. The molecule has 0 amide bonds. The molecule has 1 aromatic carbocycles. The van der Waals surface area contributed by atoms with Crippen LogP contribution in [0.5, 0.6) is 0 Å². The highest BCUT2D eigenvalue weighted by Gasteiger charge is 2.06. The van der Waals surface area contributed by atoms with Crippen molar-refractivity contribution in [1.29, 1.82) is 0 Å². The number of hydrogen-bond donors (Lipinski definition) is 2. The highest BCUT2D eigenvalue weighted by molar-refractivity contribution is 5.79. The van der Waals surface area contributed by atoms with Crippen molar-refractivity contribution in [2.75, 3.05) is 31.6 Å². The van der Waals surface area contributed by atoms with Gasteiger partial charge in [0.1, 0.15) is 6.33 Å². The van der Waals surface area contributed by atoms with E-state index in [-0.39, 0.29) is 0 Å². The molecule has 0 radical (unpaired) electrons. The fraction of sp³-hybridized carbons (Fsp3) is 0.471. The van der Waals surface area contributed by atoms with Gasteiger partial charge in [0.2, 0.25) is 0 Å². The van der Waals surface area contributed by atoms with Crippen molar-refractivity contribution in [3.05, 3.63) is 42.0 Å². The normalized spacial score (nSPS) is 11.4. The number of hydrogen-bond acceptors (Lipinski definition) is 4. The number of nitrogens with one attached hydrogen (secondary N) is 2. The molecular weight excluding hydrogens is 302 g/mol. The van der Waals surface area contributed by atoms with Gasteiger partial charge in [-0.05, 0) is 31.5 Å². The Morgan fingerprint density at radius 1 is 1.33 bits per heavy atom. The number of aryl methyl sites for hydroxylation is 2. The molecule has 1 heterocycles. The molecule has 24 heavy (non-hydrogen) atoms. The second-order valence-corrected chi connectivity index (χ2v) is 5.63. The van der Waals surface area contributed by atoms with Gasteiger partial charge < -0.3 is 20.1 Å². The predicted octanol–water partition coefficient (Wildman–Crippen LogP) is 1.32. The third-order valence-corrected chi connectivity index (χ3v) is 3.87. The van der Waals surface area contributed by atoms with Gasteiger partial charge in [0.05, 0.1) is 6.54 Å². The number of likely N-dealkylation sites (N-methyl/N-ethyl adjacent to an activating group) is 1. The minimum Gasteiger partial charge on any atom is -0.370 e. The minimum atomic E-state index is 0.589. The highest BCUT2D eigenvalue weighted by atomic mass is 15.3. The van der Waals surface area contributed by atoms with Gasteiger partial charge in [0.15, 0.2) is 11.8 Å². The van der Waals surface area contributed by atoms with Crippen LogP contribution in [0.1, 0.15) is 18.3 Å². The summed E-state index contributed by atoms with van der Waals surface area (Å²) in [4.78, 5) is 6.59. The molecule has 0 aliphatic rings. The van der Waals surface area contributed by atoms with Crippen LogP contribution >= 0.6 is 0 Å². The summed E-state index contributed by atoms with van der Waals surface area (Å²) < 4.78 is 1.89. The molecule has 0 aliphatic heterocycles. The zero-order valence-electron chi connectivity index (χ0n) is 15.0. The Hall–Kier alpha value is -2.57. The molecule has 0 bridgehead atoms. The van der Waals surface area contributed by atoms with Gasteiger partial charge >= 0.3 is 0 Å². The van der Waals surface area contributed by atoms with E-state index in [1.54, 1.807) is 13.4 Å². The standard InChI is InChI=1S/C17H27N7/c1-5-24(15-8-6-7-14(2)11-15)10-9-19-17(18-3)20-12-16-22-21-13-23(16)4/h6-8,11,13H,5,9-10,12H2,1-4H3,(H2,18,19,20). The maximum Gasteiger partial charge on any atom is 0.191 e. The number of guanidine groups is 1. The number of anilines is 1. The third kappa shape index (κ3) is 4.97. The zero-order chi connectivity index (χ0) is 17.4. The van der Waals surface area contributed by atoms with Crippen LogP contribution in [-0.2, 0) is 13.6 Å². The number of rotatable bonds is 7. The summed E-state index contributed by atoms with van der Waals surface area (Å²) in [6.45, 7) is 7.56. The van der Waals surface area contributed by atoms with Gasteiger partial charge in [-0.1, -0.05) is 12.1 Å². The highest BCUT2D eigenvalue weighted by Crippen LogP contribution is 2.14. The van der Waals surface area contributed by atoms with E-state index in [2.05, 4.69) is 68.8 Å². The largest absolute Gasteiger partial charge is 0.370 e. The molecule has 130 valence electrons. The smallest absolute Gasteiger partial charge is 0.191 e. The van der Waals surface area contributed by atoms with Gasteiger partial charge in [-0.3, -0.25) is 4.99 Å². The van der Waals surface area contributed by atoms with E-state index >= 15 is 0 Å². The van der Waals surface area contributed by atoms with Crippen LogP contribution in [0.25, 0.3) is 0 Å². The predicted molar refractivity (Wildman–Crippen MR) is 98.3 cm³/mol. The molecule has 0 fully saturated rings. The Morgan fingerprint density at radius 3 is 2.79 bits per heavy atom. The summed E-state index contributed by atoms with van der Waals surface area (Å²) in [6.07, 6.45) is 1.69. The molecule has 0 saturated heterocycles. The summed E-state index contributed by atoms with van der Waals surface area (Å²) in [6, 6.07) is 8.58. The average Bonchev–Trinajstić information content (AvgIpc) is 2.99. The molecule has 1 aromatic heterocycles. The lowest BCUT2D eigenvalue weighted by Gasteiger charge is -2.24. The van der Waals surface area contributed by atoms with Crippen LogP contribution in [0.2, 0.25) is 0 Å². The Bertz CT molecular complexity index is 662. The van der Waals surface area contributed by atoms with E-state index in [1.165, 1.54) is 11.3 Å². The molecule has 0 spiro atoms. The van der Waals surface area contributed by atoms with Crippen molar-refractivity contribution in [2.45, 2.75) is 20.4 Å². The van der Waals surface area contributed by atoms with Crippen LogP contribution < -0.4 is 15.5 Å². The van der Waals surface area contributed by atoms with Crippen molar-refractivity contribution in [2.24, 2.45) is 12.0 Å². The maximum atomic E-state index is 4.25. The van der Waals surface area contributed by atoms with Crippen LogP contribution in [0, 0.1) is 6.92 Å². The van der Waals surface area contributed by atoms with Gasteiger partial charge in [0.25, 0.3) is 0 Å². The second-order valence-electron chi connectivity index (χ2n) is 5.63. The first-order valence-corrected chi connectivity index (χ1v) is 8.23. The fourth-order valence-electron chi connectivity index (χ4n) is 2.45. The average molecular weight is 329 g/mol. The molecule has 0 unspecified atom stereocenters. The van der Waals surface area contributed by atoms with Gasteiger partial charge in [-0.2, -0.15) is 0 Å². The van der Waals surface area contributed by atoms with Crippen molar-refractivity contribution < 1.29 is 0 Å². The summed E-state index contributed by atoms with van der Waals surface area (Å²) >= 11 is 0. The molecule has 0 atom stereocenters. The fourth-order valence-corrected chi connectivity index (χ4v) is 2.45. The van der Waals surface area contributed by atoms with Gasteiger partial charge in [0, 0.05) is 39.4 Å². The monoisotopic (exact) mass is 329 g/mol. The topological polar surface area (TPSA) is 70.4 Å². The Morgan fingerprint density at radius 2 is 2.17 bits per heavy atom. The van der Waals surface area contributed by atoms with Crippen molar-refractivity contribution in [3.8, 4) is 0 Å². The number of benzene rings is 1. The first kappa shape index (κ1) is 17.8. The number of aromatic nitrogens is 3. The van der Waals surface area contributed by atoms with Gasteiger partial charge in [-0.25, -0.2) is 0 Å². The second kappa shape index (κ2) is 8.90. The summed E-state index contributed by atoms with van der Waals surface area (Å²) in [5.41, 5.74) is 2.53. The van der Waals surface area contributed by atoms with Crippen molar-refractivity contribution in [3.63, 3.8) is 0 Å². The van der Waals surface area contributed by atoms with Crippen LogP contribution in [0.4, 0.5) is 5.69 Å². The first-order valence-electron chi connectivity index (χ1n) is 8.23. The minimum absolute atomic E-state index is 0.589. The summed E-state index contributed by atoms with van der Waals surface area (Å²) in [5.74, 6) is 1.63. The number of nitrogens with zero attached hydrogens (tertiary/aromatic N) is 5. The lowest BCUT2D eigenvalue weighted by Crippen LogP contribution is -2.41. The first-order chi connectivity index (χ1) is 11.6. The van der Waals surface area contributed by atoms with E-state index in [9.17, 15) is 0 Å². The Labute approximate surface area is 143 Å². The van der Waals surface area contributed by atoms with Crippen molar-refractivity contribution in [1.82, 2.24) is 25.4 Å². The summed E-state index contributed by atoms with van der Waals surface area (Å²) in [7, 11) is 3.69. The maximum absolute atomic E-state index is 4.25. The van der Waals surface area contributed by atoms with E-state index in [1.807, 2.05) is 11.6 Å². The van der Waals surface area contributed by atoms with Gasteiger partial charge in [-0.15, -0.1) is 10.2 Å². The molecule has 2 N–H and O–H groups in total. The van der Waals surface area contributed by atoms with Crippen molar-refractivity contribution >= 4 is 11.6 Å². The van der Waals surface area contributed by atoms with Crippen LogP contribution in [-0.4, -0.2) is 47.4 Å². The van der Waals surface area contributed by atoms with E-state index in [4.69, 9.17) is 0 Å². The van der Waals surface area contributed by atoms with Crippen LogP contribution in [0.15, 0.2) is 35.6 Å². The molecular formula is C17H27N7. The molecule has 7 heteroatoms. The molecule has 7 nitrogen and oxygen atoms in total.